The van der Waals surface area contributed by atoms with Gasteiger partial charge in [-0.25, -0.2) is 4.79 Å². The van der Waals surface area contributed by atoms with Crippen LogP contribution in [0.3, 0.4) is 0 Å². The number of non-ortho nitro benzene ring substituents is 1. The van der Waals surface area contributed by atoms with Crippen molar-refractivity contribution in [3.8, 4) is 0 Å². The van der Waals surface area contributed by atoms with Gasteiger partial charge in [0.25, 0.3) is 5.69 Å². The number of hydrogen-bond donors (Lipinski definition) is 3. The number of nitrogens with one attached hydrogen (secondary N) is 3. The molecule has 3 aromatic rings. The summed E-state index contributed by atoms with van der Waals surface area (Å²) in [7, 11) is 2.81. The summed E-state index contributed by atoms with van der Waals surface area (Å²) >= 11 is 0. The van der Waals surface area contributed by atoms with Gasteiger partial charge in [0.15, 0.2) is 6.10 Å². The van der Waals surface area contributed by atoms with Gasteiger partial charge in [-0.05, 0) is 49.3 Å². The van der Waals surface area contributed by atoms with E-state index in [1.807, 2.05) is 51.1 Å². The second-order valence-electron chi connectivity index (χ2n) is 13.3. The van der Waals surface area contributed by atoms with E-state index < -0.39 is 52.9 Å². The second kappa shape index (κ2) is 16.6. The van der Waals surface area contributed by atoms with Crippen molar-refractivity contribution in [3.63, 3.8) is 0 Å². The molecule has 0 saturated heterocycles. The minimum Gasteiger partial charge on any atom is -0.463 e. The fraction of sp³-hybridized carbons (Fsp3) is 0.459. The number of fused-ring (bicyclic) bond motifs is 1. The van der Waals surface area contributed by atoms with Crippen LogP contribution in [0.5, 0.6) is 0 Å². The van der Waals surface area contributed by atoms with Gasteiger partial charge in [-0.3, -0.25) is 24.5 Å². The topological polar surface area (TPSA) is 173 Å². The average Bonchev–Trinajstić information content (AvgIpc) is 3.50. The summed E-state index contributed by atoms with van der Waals surface area (Å²) in [6.07, 6.45) is 3.04. The van der Waals surface area contributed by atoms with Crippen LogP contribution in [0.1, 0.15) is 58.2 Å². The molecule has 0 bridgehead atoms. The summed E-state index contributed by atoms with van der Waals surface area (Å²) in [5, 5.41) is 18.0. The lowest BCUT2D eigenvalue weighted by Crippen LogP contribution is -2.56. The molecule has 4 rings (SSSR count). The van der Waals surface area contributed by atoms with Crippen LogP contribution in [0.25, 0.3) is 10.9 Å². The van der Waals surface area contributed by atoms with E-state index in [1.165, 1.54) is 43.3 Å². The van der Waals surface area contributed by atoms with Crippen LogP contribution in [0.4, 0.5) is 5.69 Å². The lowest BCUT2D eigenvalue weighted by atomic mass is 9.91. The lowest BCUT2D eigenvalue weighted by molar-refractivity contribution is -0.384. The van der Waals surface area contributed by atoms with E-state index >= 15 is 0 Å². The van der Waals surface area contributed by atoms with Crippen LogP contribution < -0.4 is 10.6 Å². The van der Waals surface area contributed by atoms with Gasteiger partial charge in [0, 0.05) is 55.7 Å². The second-order valence-corrected chi connectivity index (χ2v) is 13.3. The normalized spacial score (nSPS) is 27.6. The summed E-state index contributed by atoms with van der Waals surface area (Å²) < 4.78 is 11.4. The largest absolute Gasteiger partial charge is 0.463 e. The highest BCUT2D eigenvalue weighted by Gasteiger charge is 2.38. The van der Waals surface area contributed by atoms with Crippen LogP contribution in [0.2, 0.25) is 0 Å². The first-order chi connectivity index (χ1) is 23.7. The quantitative estimate of drug-likeness (QED) is 0.151. The summed E-state index contributed by atoms with van der Waals surface area (Å²) in [6.45, 7) is 9.30. The molecule has 13 nitrogen and oxygen atoms in total. The molecule has 2 heterocycles. The Bertz CT molecular complexity index is 1730. The molecule has 2 aromatic carbocycles. The van der Waals surface area contributed by atoms with Crippen molar-refractivity contribution >= 4 is 40.3 Å². The molecule has 1 aromatic heterocycles. The Morgan fingerprint density at radius 2 is 1.66 bits per heavy atom. The van der Waals surface area contributed by atoms with Crippen molar-refractivity contribution in [1.29, 1.82) is 0 Å². The molecule has 3 N–H and O–H groups in total. The van der Waals surface area contributed by atoms with Gasteiger partial charge in [0.05, 0.1) is 17.6 Å². The number of likely N-dealkylation sites (N-methyl/N-ethyl adjacent to an activating group) is 1. The Labute approximate surface area is 291 Å². The zero-order valence-electron chi connectivity index (χ0n) is 29.6. The standard InChI is InChI=1S/C37H47N5O8/c1-21-16-22(2)24(4)20-50-37(46)33(49-7)32(26-12-14-28(15-13-26)42(47)48)40-35(44)31(18-27-19-38-30-11-9-8-10-29(27)30)41(6)36(45)25(5)39-34(43)23(3)17-21/h8-16,19,22-25,31-33,38H,17-18,20H2,1-7H3,(H,39,43)(H,40,44)/b21-16+/t22-,23+,24+,25+,31-,32+,33+/m1/s1. The number of amides is 3. The fourth-order valence-electron chi connectivity index (χ4n) is 6.25. The van der Waals surface area contributed by atoms with Crippen molar-refractivity contribution in [3.05, 3.63) is 87.6 Å². The fourth-order valence-corrected chi connectivity index (χ4v) is 6.25. The maximum Gasteiger partial charge on any atom is 0.337 e. The van der Waals surface area contributed by atoms with Gasteiger partial charge in [0.1, 0.15) is 12.1 Å². The minimum atomic E-state index is -1.34. The molecular formula is C37H47N5O8. The number of ether oxygens (including phenoxy) is 2. The first-order valence-corrected chi connectivity index (χ1v) is 16.7. The van der Waals surface area contributed by atoms with Crippen molar-refractivity contribution in [2.75, 3.05) is 20.8 Å². The van der Waals surface area contributed by atoms with Crippen molar-refractivity contribution in [1.82, 2.24) is 20.5 Å². The number of cyclic esters (lactones) is 1. The smallest absolute Gasteiger partial charge is 0.337 e. The van der Waals surface area contributed by atoms with Crippen molar-refractivity contribution < 1.29 is 33.6 Å². The molecule has 50 heavy (non-hydrogen) atoms. The Hall–Kier alpha value is -5.04. The minimum absolute atomic E-state index is 0.00858. The molecule has 1 aliphatic rings. The third kappa shape index (κ3) is 8.94. The van der Waals surface area contributed by atoms with Crippen LogP contribution in [0, 0.1) is 27.9 Å². The molecule has 13 heteroatoms. The molecule has 7 atom stereocenters. The van der Waals surface area contributed by atoms with E-state index in [-0.39, 0.29) is 36.5 Å². The third-order valence-electron chi connectivity index (χ3n) is 9.49. The summed E-state index contributed by atoms with van der Waals surface area (Å²) in [5.74, 6) is -2.67. The summed E-state index contributed by atoms with van der Waals surface area (Å²) in [4.78, 5) is 70.6. The molecule has 3 amide bonds. The molecule has 0 spiro atoms. The number of nitro benzene ring substituents is 1. The number of para-hydroxylation sites is 1. The first-order valence-electron chi connectivity index (χ1n) is 16.7. The maximum atomic E-state index is 14.4. The third-order valence-corrected chi connectivity index (χ3v) is 9.49. The van der Waals surface area contributed by atoms with Gasteiger partial charge in [-0.2, -0.15) is 0 Å². The Morgan fingerprint density at radius 1 is 0.980 bits per heavy atom. The van der Waals surface area contributed by atoms with E-state index in [1.54, 1.807) is 20.0 Å². The van der Waals surface area contributed by atoms with Gasteiger partial charge in [0.2, 0.25) is 17.7 Å². The van der Waals surface area contributed by atoms with Gasteiger partial charge in [-0.15, -0.1) is 0 Å². The zero-order valence-corrected chi connectivity index (χ0v) is 29.6. The number of carbonyl (C=O) groups is 4. The Kier molecular flexibility index (Phi) is 12.5. The number of allylic oxidation sites excluding steroid dienone is 2. The van der Waals surface area contributed by atoms with E-state index in [9.17, 15) is 29.3 Å². The predicted octanol–water partition coefficient (Wildman–Crippen LogP) is 4.62. The van der Waals surface area contributed by atoms with Crippen LogP contribution in [-0.4, -0.2) is 77.5 Å². The number of methoxy groups -OCH3 is 1. The number of esters is 1. The van der Waals surface area contributed by atoms with E-state index in [4.69, 9.17) is 9.47 Å². The van der Waals surface area contributed by atoms with Crippen LogP contribution in [-0.2, 0) is 35.1 Å². The van der Waals surface area contributed by atoms with Crippen molar-refractivity contribution in [2.24, 2.45) is 17.8 Å². The zero-order chi connectivity index (χ0) is 36.7. The molecule has 0 saturated carbocycles. The van der Waals surface area contributed by atoms with Gasteiger partial charge >= 0.3 is 5.97 Å². The predicted molar refractivity (Wildman–Crippen MR) is 188 cm³/mol. The lowest BCUT2D eigenvalue weighted by Gasteiger charge is -2.33. The number of H-pyrrole nitrogens is 1. The first kappa shape index (κ1) is 37.8. The maximum absolute atomic E-state index is 14.4. The summed E-state index contributed by atoms with van der Waals surface area (Å²) in [5.41, 5.74) is 2.78. The van der Waals surface area contributed by atoms with Gasteiger partial charge < -0.3 is 30.0 Å². The molecule has 1 aliphatic heterocycles. The number of hydrogen-bond acceptors (Lipinski definition) is 8. The summed E-state index contributed by atoms with van der Waals surface area (Å²) in [6, 6.07) is 9.78. The van der Waals surface area contributed by atoms with E-state index in [0.29, 0.717) is 12.0 Å². The number of aromatic nitrogens is 1. The Morgan fingerprint density at radius 3 is 2.32 bits per heavy atom. The number of nitro groups is 1. The molecule has 268 valence electrons. The van der Waals surface area contributed by atoms with Gasteiger partial charge in [-0.1, -0.05) is 62.8 Å². The number of aromatic amines is 1. The highest BCUT2D eigenvalue weighted by molar-refractivity contribution is 5.93. The number of carbonyl (C=O) groups excluding carboxylic acids is 4. The highest BCUT2D eigenvalue weighted by atomic mass is 16.6. The highest BCUT2D eigenvalue weighted by Crippen LogP contribution is 2.27. The Balaban J connectivity index is 1.79. The van der Waals surface area contributed by atoms with Crippen LogP contribution in [0.15, 0.2) is 66.4 Å². The SMILES string of the molecule is CO[C@@H]1C(=O)OC[C@H](C)[C@H](C)/C=C(\C)C[C@H](C)C(=O)N[C@@H](C)C(=O)N(C)[C@H](Cc2c[nH]c3ccccc23)C(=O)N[C@H]1c1ccc([N+](=O)[O-])cc1. The number of benzene rings is 2. The average molecular weight is 690 g/mol. The van der Waals surface area contributed by atoms with E-state index in [2.05, 4.69) is 15.6 Å². The molecule has 0 fully saturated rings. The molecule has 0 unspecified atom stereocenters. The van der Waals surface area contributed by atoms with Crippen LogP contribution >= 0.6 is 0 Å². The number of rotatable bonds is 5. The molecule has 0 radical (unpaired) electrons. The molecule has 0 aliphatic carbocycles. The van der Waals surface area contributed by atoms with E-state index in [0.717, 1.165) is 22.0 Å². The monoisotopic (exact) mass is 689 g/mol. The van der Waals surface area contributed by atoms with Crippen molar-refractivity contribution in [2.45, 2.75) is 71.7 Å². The number of nitrogens with zero attached hydrogens (tertiary/aromatic N) is 2. The molecular weight excluding hydrogens is 642 g/mol.